The lowest BCUT2D eigenvalue weighted by Crippen LogP contribution is -2.38. The number of carbonyl (C=O) groups is 2. The number of amides is 1. The third-order valence-electron chi connectivity index (χ3n) is 5.02. The smallest absolute Gasteiger partial charge is 0.228 e. The first-order chi connectivity index (χ1) is 13.1. The summed E-state index contributed by atoms with van der Waals surface area (Å²) in [6.07, 6.45) is 0.135. The average Bonchev–Trinajstić information content (AvgIpc) is 2.66. The molecule has 6 heteroatoms. The SMILES string of the molecule is CC(C)(C)c1ccc(S(=O)(=O)CCC(=O)N2CCC(=O)c3ccccc32)cc1. The van der Waals surface area contributed by atoms with E-state index < -0.39 is 9.84 Å². The molecular formula is C22H25NO4S. The first kappa shape index (κ1) is 20.3. The third kappa shape index (κ3) is 4.17. The highest BCUT2D eigenvalue weighted by atomic mass is 32.2. The summed E-state index contributed by atoms with van der Waals surface area (Å²) in [6, 6.07) is 13.8. The summed E-state index contributed by atoms with van der Waals surface area (Å²) in [4.78, 5) is 26.4. The second-order valence-electron chi connectivity index (χ2n) is 8.08. The maximum absolute atomic E-state index is 12.7. The molecule has 1 aliphatic rings. The minimum absolute atomic E-state index is 0.00575. The van der Waals surface area contributed by atoms with Crippen molar-refractivity contribution < 1.29 is 18.0 Å². The van der Waals surface area contributed by atoms with Crippen LogP contribution in [0.2, 0.25) is 0 Å². The molecule has 0 saturated carbocycles. The molecule has 1 heterocycles. The summed E-state index contributed by atoms with van der Waals surface area (Å²) in [6.45, 7) is 6.48. The van der Waals surface area contributed by atoms with Crippen molar-refractivity contribution in [2.24, 2.45) is 0 Å². The van der Waals surface area contributed by atoms with Crippen molar-refractivity contribution in [3.63, 3.8) is 0 Å². The topological polar surface area (TPSA) is 71.5 Å². The van der Waals surface area contributed by atoms with Crippen LogP contribution < -0.4 is 4.90 Å². The van der Waals surface area contributed by atoms with E-state index in [4.69, 9.17) is 0 Å². The van der Waals surface area contributed by atoms with Crippen molar-refractivity contribution in [2.45, 2.75) is 43.9 Å². The van der Waals surface area contributed by atoms with Crippen LogP contribution in [0.15, 0.2) is 53.4 Å². The zero-order valence-electron chi connectivity index (χ0n) is 16.4. The van der Waals surface area contributed by atoms with Gasteiger partial charge in [0.05, 0.1) is 16.3 Å². The monoisotopic (exact) mass is 399 g/mol. The van der Waals surface area contributed by atoms with Crippen LogP contribution in [0.25, 0.3) is 0 Å². The fourth-order valence-electron chi connectivity index (χ4n) is 3.31. The van der Waals surface area contributed by atoms with Crippen molar-refractivity contribution in [1.82, 2.24) is 0 Å². The average molecular weight is 400 g/mol. The highest BCUT2D eigenvalue weighted by Crippen LogP contribution is 2.28. The van der Waals surface area contributed by atoms with E-state index in [0.29, 0.717) is 11.3 Å². The van der Waals surface area contributed by atoms with Crippen LogP contribution in [0.3, 0.4) is 0 Å². The number of rotatable bonds is 4. The number of fused-ring (bicyclic) bond motifs is 1. The van der Waals surface area contributed by atoms with E-state index in [9.17, 15) is 18.0 Å². The van der Waals surface area contributed by atoms with Crippen LogP contribution in [-0.4, -0.2) is 32.4 Å². The zero-order chi connectivity index (χ0) is 20.5. The molecule has 5 nitrogen and oxygen atoms in total. The van der Waals surface area contributed by atoms with Crippen molar-refractivity contribution in [2.75, 3.05) is 17.2 Å². The maximum atomic E-state index is 12.7. The summed E-state index contributed by atoms with van der Waals surface area (Å²) in [7, 11) is -3.56. The highest BCUT2D eigenvalue weighted by molar-refractivity contribution is 7.91. The molecule has 0 aliphatic carbocycles. The van der Waals surface area contributed by atoms with Crippen LogP contribution in [0, 0.1) is 0 Å². The standard InChI is InChI=1S/C22H25NO4S/c1-22(2,3)16-8-10-17(11-9-16)28(26,27)15-13-21(25)23-14-12-20(24)18-6-4-5-7-19(18)23/h4-11H,12-15H2,1-3H3. The Balaban J connectivity index is 1.72. The number of hydrogen-bond acceptors (Lipinski definition) is 4. The first-order valence-electron chi connectivity index (χ1n) is 9.35. The predicted octanol–water partition coefficient (Wildman–Crippen LogP) is 3.77. The molecule has 0 unspecified atom stereocenters. The first-order valence-corrected chi connectivity index (χ1v) is 11.0. The molecule has 0 N–H and O–H groups in total. The Morgan fingerprint density at radius 3 is 2.32 bits per heavy atom. The molecule has 1 amide bonds. The van der Waals surface area contributed by atoms with Gasteiger partial charge < -0.3 is 4.90 Å². The van der Waals surface area contributed by atoms with E-state index in [0.717, 1.165) is 5.56 Å². The van der Waals surface area contributed by atoms with Crippen molar-refractivity contribution in [3.8, 4) is 0 Å². The van der Waals surface area contributed by atoms with E-state index in [-0.39, 0.29) is 47.1 Å². The Kier molecular flexibility index (Phi) is 5.44. The molecule has 148 valence electrons. The molecule has 3 rings (SSSR count). The summed E-state index contributed by atoms with van der Waals surface area (Å²) in [5.74, 6) is -0.533. The molecule has 0 atom stereocenters. The summed E-state index contributed by atoms with van der Waals surface area (Å²) >= 11 is 0. The second kappa shape index (κ2) is 7.51. The highest BCUT2D eigenvalue weighted by Gasteiger charge is 2.28. The van der Waals surface area contributed by atoms with Gasteiger partial charge in [-0.25, -0.2) is 8.42 Å². The van der Waals surface area contributed by atoms with Crippen LogP contribution in [0.4, 0.5) is 5.69 Å². The third-order valence-corrected chi connectivity index (χ3v) is 6.75. The zero-order valence-corrected chi connectivity index (χ0v) is 17.3. The van der Waals surface area contributed by atoms with Gasteiger partial charge in [0.2, 0.25) is 5.91 Å². The van der Waals surface area contributed by atoms with Gasteiger partial charge in [-0.2, -0.15) is 0 Å². The van der Waals surface area contributed by atoms with E-state index in [2.05, 4.69) is 20.8 Å². The van der Waals surface area contributed by atoms with Gasteiger partial charge in [-0.3, -0.25) is 9.59 Å². The van der Waals surface area contributed by atoms with E-state index in [1.165, 1.54) is 4.90 Å². The Labute approximate surface area is 166 Å². The van der Waals surface area contributed by atoms with Gasteiger partial charge in [-0.15, -0.1) is 0 Å². The second-order valence-corrected chi connectivity index (χ2v) is 10.2. The van der Waals surface area contributed by atoms with Crippen LogP contribution in [0.5, 0.6) is 0 Å². The number of Topliss-reactive ketones (excluding diaryl/α,β-unsaturated/α-hetero) is 1. The lowest BCUT2D eigenvalue weighted by molar-refractivity contribution is -0.118. The lowest BCUT2D eigenvalue weighted by atomic mass is 9.87. The van der Waals surface area contributed by atoms with Gasteiger partial charge in [0.1, 0.15) is 0 Å². The van der Waals surface area contributed by atoms with E-state index in [1.54, 1.807) is 36.4 Å². The summed E-state index contributed by atoms with van der Waals surface area (Å²) in [5.41, 5.74) is 2.08. The quantitative estimate of drug-likeness (QED) is 0.785. The Morgan fingerprint density at radius 2 is 1.68 bits per heavy atom. The van der Waals surface area contributed by atoms with Crippen molar-refractivity contribution in [1.29, 1.82) is 0 Å². The van der Waals surface area contributed by atoms with Gasteiger partial charge in [0.15, 0.2) is 15.6 Å². The van der Waals surface area contributed by atoms with Crippen molar-refractivity contribution >= 4 is 27.2 Å². The molecule has 0 fully saturated rings. The minimum atomic E-state index is -3.56. The van der Waals surface area contributed by atoms with Gasteiger partial charge in [-0.1, -0.05) is 45.0 Å². The van der Waals surface area contributed by atoms with Crippen LogP contribution in [-0.2, 0) is 20.0 Å². The number of nitrogens with zero attached hydrogens (tertiary/aromatic N) is 1. The molecule has 0 saturated heterocycles. The molecule has 1 aliphatic heterocycles. The summed E-state index contributed by atoms with van der Waals surface area (Å²) < 4.78 is 25.3. The molecule has 2 aromatic rings. The molecule has 2 aromatic carbocycles. The number of carbonyl (C=O) groups excluding carboxylic acids is 2. The van der Waals surface area contributed by atoms with Crippen LogP contribution >= 0.6 is 0 Å². The summed E-state index contributed by atoms with van der Waals surface area (Å²) in [5, 5.41) is 0. The predicted molar refractivity (Wildman–Crippen MR) is 110 cm³/mol. The van der Waals surface area contributed by atoms with Gasteiger partial charge >= 0.3 is 0 Å². The number of anilines is 1. The minimum Gasteiger partial charge on any atom is -0.311 e. The number of para-hydroxylation sites is 1. The van der Waals surface area contributed by atoms with E-state index in [1.807, 2.05) is 12.1 Å². The molecule has 0 radical (unpaired) electrons. The largest absolute Gasteiger partial charge is 0.311 e. The van der Waals surface area contributed by atoms with E-state index >= 15 is 0 Å². The fourth-order valence-corrected chi connectivity index (χ4v) is 4.54. The number of ketones is 1. The Bertz CT molecular complexity index is 1000. The maximum Gasteiger partial charge on any atom is 0.228 e. The number of benzene rings is 2. The molecular weight excluding hydrogens is 374 g/mol. The normalized spacial score (nSPS) is 14.7. The van der Waals surface area contributed by atoms with Gasteiger partial charge in [-0.05, 0) is 35.2 Å². The Morgan fingerprint density at radius 1 is 1.04 bits per heavy atom. The molecule has 0 spiro atoms. The Hall–Kier alpha value is -2.47. The van der Waals surface area contributed by atoms with Crippen LogP contribution in [0.1, 0.15) is 49.5 Å². The van der Waals surface area contributed by atoms with Gasteiger partial charge in [0.25, 0.3) is 0 Å². The number of sulfone groups is 1. The van der Waals surface area contributed by atoms with Gasteiger partial charge in [0, 0.05) is 24.9 Å². The fraction of sp³-hybridized carbons (Fsp3) is 0.364. The molecule has 0 bridgehead atoms. The molecule has 0 aromatic heterocycles. The number of hydrogen-bond donors (Lipinski definition) is 0. The van der Waals surface area contributed by atoms with Crippen molar-refractivity contribution in [3.05, 3.63) is 59.7 Å². The molecule has 28 heavy (non-hydrogen) atoms. The lowest BCUT2D eigenvalue weighted by Gasteiger charge is -2.28.